The van der Waals surface area contributed by atoms with E-state index < -0.39 is 0 Å². The third-order valence-corrected chi connectivity index (χ3v) is 18.5. The van der Waals surface area contributed by atoms with Gasteiger partial charge in [0.1, 0.15) is 0 Å². The molecule has 0 amide bonds. The van der Waals surface area contributed by atoms with Gasteiger partial charge in [0.05, 0.1) is 54.6 Å². The van der Waals surface area contributed by atoms with Crippen LogP contribution in [0.25, 0.3) is 46.9 Å². The normalized spacial score (nSPS) is 11.9. The zero-order valence-corrected chi connectivity index (χ0v) is 42.6. The number of nitrogens with zero attached hydrogens (tertiary/aromatic N) is 6. The Balaban J connectivity index is 1.27. The molecular weight excluding hydrogens is 997 g/mol. The largest absolute Gasteiger partial charge is 0.243 e. The minimum Gasteiger partial charge on any atom is -0.243 e. The van der Waals surface area contributed by atoms with Crippen LogP contribution in [-0.2, 0) is 0 Å². The molecule has 9 aromatic carbocycles. The lowest BCUT2D eigenvalue weighted by Gasteiger charge is -2.20. The molecule has 0 unspecified atom stereocenters. The maximum Gasteiger partial charge on any atom is 0.187 e. The van der Waals surface area contributed by atoms with Gasteiger partial charge in [-0.05, 0) is 159 Å². The van der Waals surface area contributed by atoms with Gasteiger partial charge in [0.2, 0.25) is 0 Å². The topological polar surface area (TPSA) is 84.4 Å². The molecule has 72 heavy (non-hydrogen) atoms. The van der Waals surface area contributed by atoms with Gasteiger partial charge in [-0.15, -0.1) is 0 Å². The van der Waals surface area contributed by atoms with Crippen molar-refractivity contribution in [1.29, 1.82) is 15.8 Å². The lowest BCUT2D eigenvalue weighted by molar-refractivity contribution is 1.14. The van der Waals surface area contributed by atoms with Crippen molar-refractivity contribution in [3.63, 3.8) is 0 Å². The van der Waals surface area contributed by atoms with Gasteiger partial charge in [-0.2, -0.15) is 15.8 Å². The molecule has 0 heterocycles. The Hall–Kier alpha value is -7.72. The average Bonchev–Trinajstić information content (AvgIpc) is 3.43. The van der Waals surface area contributed by atoms with E-state index in [0.29, 0.717) is 40.9 Å². The minimum atomic E-state index is 0.573. The summed E-state index contributed by atoms with van der Waals surface area (Å²) in [5.41, 5.74) is 3.66. The second-order valence-corrected chi connectivity index (χ2v) is 22.9. The summed E-state index contributed by atoms with van der Waals surface area (Å²) in [4.78, 5) is 23.4. The van der Waals surface area contributed by atoms with Crippen molar-refractivity contribution in [3.05, 3.63) is 231 Å². The highest BCUT2D eigenvalue weighted by Gasteiger charge is 2.21. The number of thioether (sulfide) groups is 1. The van der Waals surface area contributed by atoms with E-state index in [-0.39, 0.29) is 0 Å². The second kappa shape index (κ2) is 21.7. The number of allylic oxidation sites excluding steroid dienone is 3. The number of hydrogen-bond acceptors (Lipinski definition) is 9. The van der Waals surface area contributed by atoms with Crippen molar-refractivity contribution >= 4 is 114 Å². The first-order valence-corrected chi connectivity index (χ1v) is 27.0. The fourth-order valence-electron chi connectivity index (χ4n) is 8.02. The summed E-state index contributed by atoms with van der Waals surface area (Å²) in [6.45, 7) is 22.8. The maximum absolute atomic E-state index is 9.64. The van der Waals surface area contributed by atoms with Crippen molar-refractivity contribution in [2.45, 2.75) is 66.7 Å². The molecule has 0 bridgehead atoms. The molecule has 9 aromatic rings. The Morgan fingerprint density at radius 1 is 0.333 bits per heavy atom. The van der Waals surface area contributed by atoms with Gasteiger partial charge in [0.25, 0.3) is 0 Å². The summed E-state index contributed by atoms with van der Waals surface area (Å²) >= 11 is 9.97. The van der Waals surface area contributed by atoms with E-state index in [2.05, 4.69) is 75.2 Å². The van der Waals surface area contributed by atoms with E-state index in [0.717, 1.165) is 91.9 Å². The lowest BCUT2D eigenvalue weighted by atomic mass is 9.94. The quantitative estimate of drug-likeness (QED) is 0.0877. The Kier molecular flexibility index (Phi) is 14.5. The smallest absolute Gasteiger partial charge is 0.187 e. The highest BCUT2D eigenvalue weighted by Crippen LogP contribution is 2.51. The molecule has 0 saturated carbocycles. The van der Waals surface area contributed by atoms with Gasteiger partial charge in [-0.3, -0.25) is 0 Å². The molecule has 12 heteroatoms. The summed E-state index contributed by atoms with van der Waals surface area (Å²) in [6.07, 6.45) is 5.45. The minimum absolute atomic E-state index is 0.573. The van der Waals surface area contributed by atoms with Crippen LogP contribution in [0.5, 0.6) is 0 Å². The van der Waals surface area contributed by atoms with Crippen LogP contribution in [-0.4, -0.2) is 0 Å². The van der Waals surface area contributed by atoms with Gasteiger partial charge in [-0.25, -0.2) is 14.5 Å². The Labute approximate surface area is 442 Å². The zero-order chi connectivity index (χ0) is 49.6. The van der Waals surface area contributed by atoms with Crippen molar-refractivity contribution in [2.75, 3.05) is 0 Å². The van der Waals surface area contributed by atoms with Gasteiger partial charge in [0.15, 0.2) is 17.1 Å². The second-order valence-electron chi connectivity index (χ2n) is 16.2. The molecule has 0 aromatic heterocycles. The van der Waals surface area contributed by atoms with E-state index in [9.17, 15) is 15.8 Å². The number of hydrogen-bond donors (Lipinski definition) is 0. The summed E-state index contributed by atoms with van der Waals surface area (Å²) in [6, 6.07) is 58.9. The Morgan fingerprint density at radius 2 is 0.611 bits per heavy atom. The predicted octanol–water partition coefficient (Wildman–Crippen LogP) is 19.2. The summed E-state index contributed by atoms with van der Waals surface area (Å²) in [5, 5.41) is 35.3. The van der Waals surface area contributed by atoms with E-state index in [1.807, 2.05) is 127 Å². The van der Waals surface area contributed by atoms with E-state index in [1.165, 1.54) is 4.91 Å². The summed E-state index contributed by atoms with van der Waals surface area (Å²) < 4.78 is 0. The molecule has 0 N–H and O–H groups in total. The van der Waals surface area contributed by atoms with Crippen molar-refractivity contribution in [2.24, 2.45) is 0 Å². The van der Waals surface area contributed by atoms with Gasteiger partial charge < -0.3 is 0 Å². The van der Waals surface area contributed by atoms with Gasteiger partial charge in [0, 0.05) is 53.9 Å². The molecule has 1 aliphatic carbocycles. The van der Waals surface area contributed by atoms with Crippen LogP contribution in [0.3, 0.4) is 0 Å². The fourth-order valence-corrected chi connectivity index (χ4v) is 14.0. The number of nitriles is 3. The molecule has 0 radical (unpaired) electrons. The molecule has 1 aliphatic rings. The molecule has 0 saturated heterocycles. The van der Waals surface area contributed by atoms with Gasteiger partial charge >= 0.3 is 0 Å². The van der Waals surface area contributed by atoms with Crippen molar-refractivity contribution < 1.29 is 0 Å². The fraction of sp³-hybridized carbons (Fsp3) is 0.0333. The predicted molar refractivity (Wildman–Crippen MR) is 296 cm³/mol. The first-order valence-electron chi connectivity index (χ1n) is 22.1. The Bertz CT molecular complexity index is 3860. The molecule has 10 rings (SSSR count). The summed E-state index contributed by atoms with van der Waals surface area (Å²) in [5.74, 6) is 0. The Morgan fingerprint density at radius 3 is 0.847 bits per heavy atom. The molecule has 0 atom stereocenters. The highest BCUT2D eigenvalue weighted by atomic mass is 32.2. The van der Waals surface area contributed by atoms with Gasteiger partial charge in [-0.1, -0.05) is 131 Å². The summed E-state index contributed by atoms with van der Waals surface area (Å²) in [7, 11) is 0. The van der Waals surface area contributed by atoms with Crippen LogP contribution in [0.1, 0.15) is 29.5 Å². The lowest BCUT2D eigenvalue weighted by Crippen LogP contribution is -1.92. The van der Waals surface area contributed by atoms with Crippen LogP contribution in [0.15, 0.2) is 234 Å². The molecular formula is C60H32N6S6. The number of benzene rings is 9. The van der Waals surface area contributed by atoms with Crippen molar-refractivity contribution in [3.8, 4) is 18.2 Å². The molecule has 0 fully saturated rings. The monoisotopic (exact) mass is 1030 g/mol. The standard InChI is InChI=1S/C60H32N6S6/c1-64-40-10-22-46(23-11-40)70-58-31-52-51(30-57(58)69-45-20-8-39(36-63)9-21-45)49-28-55(67-43-16-4-37(34-61)5-17-43)56(68-44-18-6-38(35-62)7-19-44)29-50(49)53-32-59(71-47-24-12-41(65-2)13-25-47)60(33-54(52)53)72-48-26-14-42(66-3)15-27-48/h4-10,12-21,23-33H,11,22H2. The average molecular weight is 1030 g/mol. The number of rotatable bonds is 12. The van der Waals surface area contributed by atoms with Crippen LogP contribution in [0.2, 0.25) is 0 Å². The van der Waals surface area contributed by atoms with Crippen LogP contribution >= 0.6 is 70.6 Å². The third-order valence-electron chi connectivity index (χ3n) is 11.6. The maximum atomic E-state index is 9.64. The van der Waals surface area contributed by atoms with E-state index in [4.69, 9.17) is 19.7 Å². The third kappa shape index (κ3) is 10.6. The first-order chi connectivity index (χ1) is 35.3. The van der Waals surface area contributed by atoms with Crippen molar-refractivity contribution in [1.82, 2.24) is 0 Å². The first kappa shape index (κ1) is 47.9. The van der Waals surface area contributed by atoms with Crippen LogP contribution in [0.4, 0.5) is 11.4 Å². The molecule has 0 aliphatic heterocycles. The van der Waals surface area contributed by atoms with Crippen LogP contribution in [0, 0.1) is 53.7 Å². The SMILES string of the molecule is [C-]#[N+]C1=CCC(Sc2cc3c(cc2Sc2ccc(C#N)cc2)c2cc(Sc4ccc(C#N)cc4)c(Sc4ccc(C#N)cc4)cc2c2cc(Sc4ccc([N+]#[C-])cc4)c(Sc4ccc([N+]#[C-])cc4)cc32)=CC1. The molecule has 0 spiro atoms. The van der Waals surface area contributed by atoms with E-state index >= 15 is 0 Å². The zero-order valence-electron chi connectivity index (χ0n) is 37.7. The van der Waals surface area contributed by atoms with E-state index in [1.54, 1.807) is 70.6 Å². The molecule has 6 nitrogen and oxygen atoms in total. The highest BCUT2D eigenvalue weighted by molar-refractivity contribution is 8.05. The number of fused-ring (bicyclic) bond motifs is 6. The van der Waals surface area contributed by atoms with Crippen LogP contribution < -0.4 is 0 Å². The molecule has 338 valence electrons.